The first-order chi connectivity index (χ1) is 7.66. The Morgan fingerprint density at radius 3 is 2.31 bits per heavy atom. The third-order valence-electron chi connectivity index (χ3n) is 1.98. The summed E-state index contributed by atoms with van der Waals surface area (Å²) in [5.41, 5.74) is 6.78. The Labute approximate surface area is 90.8 Å². The Kier molecular flexibility index (Phi) is 2.47. The summed E-state index contributed by atoms with van der Waals surface area (Å²) in [4.78, 5) is 22.3. The number of hydrogen-bond acceptors (Lipinski definition) is 5. The lowest BCUT2D eigenvalue weighted by Crippen LogP contribution is -1.98. The van der Waals surface area contributed by atoms with Gasteiger partial charge in [0, 0.05) is 24.2 Å². The number of aromatic nitrogens is 3. The average Bonchev–Trinajstić information content (AvgIpc) is 2.30. The number of carboxylic acid groups (broad SMARTS) is 1. The van der Waals surface area contributed by atoms with Crippen LogP contribution in [0, 0.1) is 0 Å². The van der Waals surface area contributed by atoms with E-state index in [0.717, 1.165) is 0 Å². The fraction of sp³-hybridized carbons (Fsp3) is 0. The van der Waals surface area contributed by atoms with Gasteiger partial charge in [0.25, 0.3) is 0 Å². The summed E-state index contributed by atoms with van der Waals surface area (Å²) in [5.74, 6) is -0.821. The van der Waals surface area contributed by atoms with Gasteiger partial charge in [-0.25, -0.2) is 14.8 Å². The fourth-order valence-corrected chi connectivity index (χ4v) is 1.16. The molecule has 0 fully saturated rings. The fourth-order valence-electron chi connectivity index (χ4n) is 1.16. The molecule has 0 saturated heterocycles. The molecule has 2 heterocycles. The molecule has 0 unspecified atom stereocenters. The molecule has 0 aliphatic rings. The van der Waals surface area contributed by atoms with Gasteiger partial charge in [0.15, 0.2) is 0 Å². The van der Waals surface area contributed by atoms with Crippen molar-refractivity contribution in [1.82, 2.24) is 15.0 Å². The molecule has 2 aromatic heterocycles. The van der Waals surface area contributed by atoms with Crippen LogP contribution in [0.2, 0.25) is 0 Å². The Hall–Kier alpha value is -2.50. The maximum atomic E-state index is 10.6. The third kappa shape index (κ3) is 1.95. The molecular weight excluding hydrogens is 208 g/mol. The topological polar surface area (TPSA) is 102 Å². The van der Waals surface area contributed by atoms with Crippen LogP contribution in [0.3, 0.4) is 0 Å². The first kappa shape index (κ1) is 10.0. The third-order valence-corrected chi connectivity index (χ3v) is 1.98. The quantitative estimate of drug-likeness (QED) is 0.770. The minimum absolute atomic E-state index is 0.139. The molecule has 2 rings (SSSR count). The van der Waals surface area contributed by atoms with Crippen LogP contribution in [0.4, 0.5) is 5.95 Å². The highest BCUT2D eigenvalue weighted by Gasteiger charge is 2.04. The smallest absolute Gasteiger partial charge is 0.337 e. The number of hydrogen-bond donors (Lipinski definition) is 2. The van der Waals surface area contributed by atoms with Gasteiger partial charge in [0.1, 0.15) is 0 Å². The van der Waals surface area contributed by atoms with Crippen molar-refractivity contribution in [3.8, 4) is 11.3 Å². The Morgan fingerprint density at radius 1 is 1.12 bits per heavy atom. The average molecular weight is 216 g/mol. The first-order valence-electron chi connectivity index (χ1n) is 4.44. The molecule has 0 bridgehead atoms. The summed E-state index contributed by atoms with van der Waals surface area (Å²) in [6.45, 7) is 0. The standard InChI is InChI=1S/C10H8N4O2/c11-10-13-4-7(5-14-10)8-2-1-6(3-12-8)9(15)16/h1-5H,(H,15,16)(H2,11,13,14). The van der Waals surface area contributed by atoms with Gasteiger partial charge in [0.2, 0.25) is 5.95 Å². The van der Waals surface area contributed by atoms with Gasteiger partial charge in [-0.05, 0) is 12.1 Å². The van der Waals surface area contributed by atoms with E-state index >= 15 is 0 Å². The van der Waals surface area contributed by atoms with Gasteiger partial charge in [-0.1, -0.05) is 0 Å². The van der Waals surface area contributed by atoms with Crippen LogP contribution in [-0.4, -0.2) is 26.0 Å². The number of anilines is 1. The van der Waals surface area contributed by atoms with E-state index in [-0.39, 0.29) is 11.5 Å². The maximum Gasteiger partial charge on any atom is 0.337 e. The van der Waals surface area contributed by atoms with Gasteiger partial charge in [-0.2, -0.15) is 0 Å². The van der Waals surface area contributed by atoms with E-state index in [1.807, 2.05) is 0 Å². The van der Waals surface area contributed by atoms with Gasteiger partial charge < -0.3 is 10.8 Å². The van der Waals surface area contributed by atoms with Crippen LogP contribution in [0.15, 0.2) is 30.7 Å². The number of nitrogens with zero attached hydrogens (tertiary/aromatic N) is 3. The molecule has 0 atom stereocenters. The van der Waals surface area contributed by atoms with Crippen molar-refractivity contribution in [2.75, 3.05) is 5.73 Å². The summed E-state index contributed by atoms with van der Waals surface area (Å²) in [5, 5.41) is 8.70. The second kappa shape index (κ2) is 3.93. The van der Waals surface area contributed by atoms with E-state index in [1.54, 1.807) is 6.07 Å². The van der Waals surface area contributed by atoms with E-state index in [9.17, 15) is 4.79 Å². The summed E-state index contributed by atoms with van der Waals surface area (Å²) in [7, 11) is 0. The van der Waals surface area contributed by atoms with E-state index in [2.05, 4.69) is 15.0 Å². The van der Waals surface area contributed by atoms with Gasteiger partial charge in [-0.3, -0.25) is 4.98 Å². The molecule has 16 heavy (non-hydrogen) atoms. The number of nitrogens with two attached hydrogens (primary N) is 1. The van der Waals surface area contributed by atoms with Gasteiger partial charge >= 0.3 is 5.97 Å². The van der Waals surface area contributed by atoms with Crippen LogP contribution in [-0.2, 0) is 0 Å². The summed E-state index contributed by atoms with van der Waals surface area (Å²) in [6, 6.07) is 3.07. The van der Waals surface area contributed by atoms with Crippen LogP contribution in [0.25, 0.3) is 11.3 Å². The predicted octanol–water partition coefficient (Wildman–Crippen LogP) is 0.819. The van der Waals surface area contributed by atoms with Crippen molar-refractivity contribution in [2.24, 2.45) is 0 Å². The van der Waals surface area contributed by atoms with E-state index in [1.165, 1.54) is 24.7 Å². The van der Waals surface area contributed by atoms with Crippen LogP contribution in [0.1, 0.15) is 10.4 Å². The van der Waals surface area contributed by atoms with E-state index in [4.69, 9.17) is 10.8 Å². The molecule has 80 valence electrons. The molecule has 0 aromatic carbocycles. The van der Waals surface area contributed by atoms with Crippen molar-refractivity contribution in [2.45, 2.75) is 0 Å². The predicted molar refractivity (Wildman–Crippen MR) is 56.6 cm³/mol. The number of carboxylic acids is 1. The molecule has 3 N–H and O–H groups in total. The van der Waals surface area contributed by atoms with Gasteiger partial charge in [0.05, 0.1) is 11.3 Å². The lowest BCUT2D eigenvalue weighted by Gasteiger charge is -2.00. The lowest BCUT2D eigenvalue weighted by atomic mass is 10.2. The second-order valence-corrected chi connectivity index (χ2v) is 3.07. The van der Waals surface area contributed by atoms with Crippen molar-refractivity contribution in [1.29, 1.82) is 0 Å². The van der Waals surface area contributed by atoms with E-state index in [0.29, 0.717) is 11.3 Å². The molecule has 6 nitrogen and oxygen atoms in total. The number of carbonyl (C=O) groups is 1. The van der Waals surface area contributed by atoms with Crippen molar-refractivity contribution >= 4 is 11.9 Å². The zero-order valence-electron chi connectivity index (χ0n) is 8.16. The van der Waals surface area contributed by atoms with Crippen LogP contribution in [0.5, 0.6) is 0 Å². The Morgan fingerprint density at radius 2 is 1.81 bits per heavy atom. The number of rotatable bonds is 2. The molecule has 0 aliphatic carbocycles. The SMILES string of the molecule is Nc1ncc(-c2ccc(C(=O)O)cn2)cn1. The minimum Gasteiger partial charge on any atom is -0.478 e. The van der Waals surface area contributed by atoms with Crippen molar-refractivity contribution in [3.63, 3.8) is 0 Å². The van der Waals surface area contributed by atoms with Crippen molar-refractivity contribution in [3.05, 3.63) is 36.3 Å². The molecule has 2 aromatic rings. The normalized spacial score (nSPS) is 10.0. The molecule has 6 heteroatoms. The van der Waals surface area contributed by atoms with Crippen LogP contribution >= 0.6 is 0 Å². The molecule has 0 aliphatic heterocycles. The zero-order chi connectivity index (χ0) is 11.5. The number of aromatic carboxylic acids is 1. The summed E-state index contributed by atoms with van der Waals surface area (Å²) in [6.07, 6.45) is 4.35. The zero-order valence-corrected chi connectivity index (χ0v) is 8.16. The van der Waals surface area contributed by atoms with Crippen molar-refractivity contribution < 1.29 is 9.90 Å². The molecule has 0 amide bonds. The lowest BCUT2D eigenvalue weighted by molar-refractivity contribution is 0.0696. The molecule has 0 saturated carbocycles. The molecular formula is C10H8N4O2. The maximum absolute atomic E-state index is 10.6. The summed E-state index contributed by atoms with van der Waals surface area (Å²) < 4.78 is 0. The van der Waals surface area contributed by atoms with Gasteiger partial charge in [-0.15, -0.1) is 0 Å². The highest BCUT2D eigenvalue weighted by molar-refractivity contribution is 5.87. The minimum atomic E-state index is -1.01. The van der Waals surface area contributed by atoms with Crippen LogP contribution < -0.4 is 5.73 Å². The molecule has 0 spiro atoms. The number of nitrogen functional groups attached to an aromatic ring is 1. The number of pyridine rings is 1. The van der Waals surface area contributed by atoms with E-state index < -0.39 is 5.97 Å². The monoisotopic (exact) mass is 216 g/mol. The highest BCUT2D eigenvalue weighted by Crippen LogP contribution is 2.15. The highest BCUT2D eigenvalue weighted by atomic mass is 16.4. The Balaban J connectivity index is 2.34. The first-order valence-corrected chi connectivity index (χ1v) is 4.44. The Bertz CT molecular complexity index is 507. The summed E-state index contributed by atoms with van der Waals surface area (Å²) >= 11 is 0. The second-order valence-electron chi connectivity index (χ2n) is 3.07. The largest absolute Gasteiger partial charge is 0.478 e. The molecule has 0 radical (unpaired) electrons.